The van der Waals surface area contributed by atoms with Crippen LogP contribution in [0.5, 0.6) is 17.2 Å². The zero-order valence-corrected chi connectivity index (χ0v) is 16.2. The number of benzene rings is 1. The smallest absolute Gasteiger partial charge is 0.203 e. The first kappa shape index (κ1) is 16.6. The van der Waals surface area contributed by atoms with Crippen molar-refractivity contribution in [1.29, 1.82) is 0 Å². The highest BCUT2D eigenvalue weighted by atomic mass is 79.9. The van der Waals surface area contributed by atoms with Gasteiger partial charge in [-0.2, -0.15) is 0 Å². The Hall–Kier alpha value is -0.720. The molecule has 1 aromatic carbocycles. The molecule has 0 aliphatic carbocycles. The van der Waals surface area contributed by atoms with Gasteiger partial charge in [0.1, 0.15) is 0 Å². The predicted molar refractivity (Wildman–Crippen MR) is 93.6 cm³/mol. The highest BCUT2D eigenvalue weighted by Gasteiger charge is 2.20. The van der Waals surface area contributed by atoms with Gasteiger partial charge in [0.25, 0.3) is 0 Å². The zero-order valence-electron chi connectivity index (χ0n) is 12.2. The van der Waals surface area contributed by atoms with Crippen molar-refractivity contribution in [3.63, 3.8) is 0 Å². The Balaban J connectivity index is 2.48. The third-order valence-corrected chi connectivity index (χ3v) is 6.63. The van der Waals surface area contributed by atoms with Crippen LogP contribution in [-0.2, 0) is 0 Å². The Bertz CT molecular complexity index is 595. The van der Waals surface area contributed by atoms with E-state index in [0.717, 1.165) is 10.0 Å². The third-order valence-electron chi connectivity index (χ3n) is 3.11. The molecule has 0 aliphatic heterocycles. The molecule has 21 heavy (non-hydrogen) atoms. The van der Waals surface area contributed by atoms with Gasteiger partial charge in [0.05, 0.1) is 26.2 Å². The van der Waals surface area contributed by atoms with E-state index in [1.807, 2.05) is 12.1 Å². The molecule has 0 N–H and O–H groups in total. The molecule has 2 rings (SSSR count). The fraction of sp³-hybridized carbons (Fsp3) is 0.333. The molecular weight excluding hydrogens is 420 g/mol. The van der Waals surface area contributed by atoms with Gasteiger partial charge >= 0.3 is 0 Å². The Morgan fingerprint density at radius 1 is 1.00 bits per heavy atom. The Kier molecular flexibility index (Phi) is 5.57. The molecule has 0 amide bonds. The Labute approximate surface area is 145 Å². The molecule has 0 spiro atoms. The van der Waals surface area contributed by atoms with Gasteiger partial charge in [-0.1, -0.05) is 15.9 Å². The highest BCUT2D eigenvalue weighted by molar-refractivity contribution is 9.10. The molecule has 1 heterocycles. The topological polar surface area (TPSA) is 27.7 Å². The third kappa shape index (κ3) is 3.38. The van der Waals surface area contributed by atoms with Gasteiger partial charge in [-0.3, -0.25) is 0 Å². The van der Waals surface area contributed by atoms with E-state index in [0.29, 0.717) is 17.2 Å². The molecule has 0 bridgehead atoms. The molecule has 0 aliphatic rings. The summed E-state index contributed by atoms with van der Waals surface area (Å²) >= 11 is 9.06. The first-order valence-corrected chi connectivity index (χ1v) is 8.74. The molecule has 0 saturated carbocycles. The minimum absolute atomic E-state index is 0.0706. The quantitative estimate of drug-likeness (QED) is 0.594. The summed E-state index contributed by atoms with van der Waals surface area (Å²) in [6.45, 7) is 2.09. The van der Waals surface area contributed by atoms with E-state index in [-0.39, 0.29) is 4.83 Å². The molecule has 6 heteroatoms. The van der Waals surface area contributed by atoms with Crippen LogP contribution in [0.15, 0.2) is 22.7 Å². The van der Waals surface area contributed by atoms with E-state index in [1.54, 1.807) is 32.7 Å². The van der Waals surface area contributed by atoms with Gasteiger partial charge in [0.2, 0.25) is 5.75 Å². The standard InChI is InChI=1S/C15H16Br2O3S/c1-8-10(16)7-13(21-8)14(17)9-5-11(18-2)15(20-4)12(6-9)19-3/h5-7,14H,1-4H3. The molecule has 1 unspecified atom stereocenters. The summed E-state index contributed by atoms with van der Waals surface area (Å²) in [5.74, 6) is 1.92. The molecule has 0 saturated heterocycles. The number of thiophene rings is 1. The van der Waals surface area contributed by atoms with E-state index >= 15 is 0 Å². The lowest BCUT2D eigenvalue weighted by atomic mass is 10.1. The number of aryl methyl sites for hydroxylation is 1. The van der Waals surface area contributed by atoms with Crippen LogP contribution < -0.4 is 14.2 Å². The van der Waals surface area contributed by atoms with Gasteiger partial charge in [-0.05, 0) is 46.6 Å². The molecular formula is C15H16Br2O3S. The SMILES string of the molecule is COc1cc(C(Br)c2cc(Br)c(C)s2)cc(OC)c1OC. The van der Waals surface area contributed by atoms with Crippen molar-refractivity contribution < 1.29 is 14.2 Å². The predicted octanol–water partition coefficient (Wildman–Crippen LogP) is 5.33. The van der Waals surface area contributed by atoms with Crippen LogP contribution in [0.1, 0.15) is 20.1 Å². The molecule has 1 atom stereocenters. The van der Waals surface area contributed by atoms with Crippen molar-refractivity contribution in [2.45, 2.75) is 11.8 Å². The fourth-order valence-electron chi connectivity index (χ4n) is 2.02. The summed E-state index contributed by atoms with van der Waals surface area (Å²) in [5.41, 5.74) is 1.05. The van der Waals surface area contributed by atoms with Crippen molar-refractivity contribution in [1.82, 2.24) is 0 Å². The maximum atomic E-state index is 5.40. The normalized spacial score (nSPS) is 12.1. The van der Waals surface area contributed by atoms with Crippen molar-refractivity contribution in [2.24, 2.45) is 0 Å². The van der Waals surface area contributed by atoms with Crippen molar-refractivity contribution in [2.75, 3.05) is 21.3 Å². The van der Waals surface area contributed by atoms with E-state index in [1.165, 1.54) is 9.75 Å². The molecule has 0 fully saturated rings. The Morgan fingerprint density at radius 2 is 1.57 bits per heavy atom. The minimum atomic E-state index is 0.0706. The van der Waals surface area contributed by atoms with E-state index < -0.39 is 0 Å². The highest BCUT2D eigenvalue weighted by Crippen LogP contribution is 2.45. The first-order valence-electron chi connectivity index (χ1n) is 6.21. The number of halogens is 2. The summed E-state index contributed by atoms with van der Waals surface area (Å²) in [6.07, 6.45) is 0. The molecule has 1 aromatic heterocycles. The van der Waals surface area contributed by atoms with Crippen molar-refractivity contribution in [3.8, 4) is 17.2 Å². The monoisotopic (exact) mass is 434 g/mol. The van der Waals surface area contributed by atoms with Gasteiger partial charge in [-0.25, -0.2) is 0 Å². The van der Waals surface area contributed by atoms with E-state index in [9.17, 15) is 0 Å². The minimum Gasteiger partial charge on any atom is -0.493 e. The van der Waals surface area contributed by atoms with Crippen LogP contribution in [0, 0.1) is 6.92 Å². The summed E-state index contributed by atoms with van der Waals surface area (Å²) in [6, 6.07) is 6.05. The largest absolute Gasteiger partial charge is 0.493 e. The van der Waals surface area contributed by atoms with Crippen LogP contribution in [0.4, 0.5) is 0 Å². The van der Waals surface area contributed by atoms with Crippen LogP contribution in [0.25, 0.3) is 0 Å². The lowest BCUT2D eigenvalue weighted by molar-refractivity contribution is 0.324. The lowest BCUT2D eigenvalue weighted by Crippen LogP contribution is -1.98. The summed E-state index contributed by atoms with van der Waals surface area (Å²) < 4.78 is 17.3. The van der Waals surface area contributed by atoms with Crippen molar-refractivity contribution >= 4 is 43.2 Å². The van der Waals surface area contributed by atoms with E-state index in [4.69, 9.17) is 14.2 Å². The summed E-state index contributed by atoms with van der Waals surface area (Å²) in [7, 11) is 4.85. The number of rotatable bonds is 5. The van der Waals surface area contributed by atoms with Crippen LogP contribution in [-0.4, -0.2) is 21.3 Å². The maximum Gasteiger partial charge on any atom is 0.203 e. The van der Waals surface area contributed by atoms with Gasteiger partial charge in [0.15, 0.2) is 11.5 Å². The summed E-state index contributed by atoms with van der Waals surface area (Å²) in [5, 5.41) is 0. The van der Waals surface area contributed by atoms with Crippen LogP contribution >= 0.6 is 43.2 Å². The zero-order chi connectivity index (χ0) is 15.6. The lowest BCUT2D eigenvalue weighted by Gasteiger charge is -2.16. The van der Waals surface area contributed by atoms with Crippen molar-refractivity contribution in [3.05, 3.63) is 38.0 Å². The summed E-state index contributed by atoms with van der Waals surface area (Å²) in [4.78, 5) is 2.54. The first-order chi connectivity index (χ1) is 10.0. The van der Waals surface area contributed by atoms with Gasteiger partial charge in [0, 0.05) is 14.2 Å². The second-order valence-electron chi connectivity index (χ2n) is 4.37. The second-order valence-corrected chi connectivity index (χ2v) is 7.43. The van der Waals surface area contributed by atoms with Crippen LogP contribution in [0.3, 0.4) is 0 Å². The molecule has 0 radical (unpaired) electrons. The van der Waals surface area contributed by atoms with Crippen LogP contribution in [0.2, 0.25) is 0 Å². The number of alkyl halides is 1. The van der Waals surface area contributed by atoms with Gasteiger partial charge in [-0.15, -0.1) is 11.3 Å². The fourth-order valence-corrected chi connectivity index (χ4v) is 4.26. The maximum absolute atomic E-state index is 5.40. The number of ether oxygens (including phenoxy) is 3. The second kappa shape index (κ2) is 7.03. The van der Waals surface area contributed by atoms with Gasteiger partial charge < -0.3 is 14.2 Å². The molecule has 2 aromatic rings. The average molecular weight is 436 g/mol. The average Bonchev–Trinajstić information content (AvgIpc) is 2.84. The number of hydrogen-bond donors (Lipinski definition) is 0. The molecule has 114 valence electrons. The number of hydrogen-bond acceptors (Lipinski definition) is 4. The Morgan fingerprint density at radius 3 is 1.95 bits per heavy atom. The molecule has 3 nitrogen and oxygen atoms in total. The van der Waals surface area contributed by atoms with E-state index in [2.05, 4.69) is 44.8 Å². The number of methoxy groups -OCH3 is 3.